The minimum absolute atomic E-state index is 0.0612. The van der Waals surface area contributed by atoms with Gasteiger partial charge in [0, 0.05) is 64.5 Å². The molecule has 3 rings (SSSR count). The fraction of sp³-hybridized carbons (Fsp3) is 0.542. The molecule has 0 bridgehead atoms. The Morgan fingerprint density at radius 3 is 2.33 bits per heavy atom. The molecule has 1 aromatic heterocycles. The van der Waals surface area contributed by atoms with Crippen LogP contribution in [0.2, 0.25) is 0 Å². The number of fused-ring (bicyclic) bond motifs is 1. The molecular weight excluding hydrogens is 428 g/mol. The van der Waals surface area contributed by atoms with E-state index in [2.05, 4.69) is 23.8 Å². The van der Waals surface area contributed by atoms with Crippen LogP contribution in [0.1, 0.15) is 56.1 Å². The maximum absolute atomic E-state index is 14.3. The third kappa shape index (κ3) is 5.76. The van der Waals surface area contributed by atoms with Gasteiger partial charge in [-0.3, -0.25) is 14.3 Å². The van der Waals surface area contributed by atoms with Gasteiger partial charge in [0.25, 0.3) is 5.91 Å². The van der Waals surface area contributed by atoms with E-state index in [9.17, 15) is 18.4 Å². The lowest BCUT2D eigenvalue weighted by atomic mass is 10.1. The second kappa shape index (κ2) is 10.9. The van der Waals surface area contributed by atoms with Crippen molar-refractivity contribution in [2.75, 3.05) is 31.1 Å². The molecule has 0 radical (unpaired) electrons. The third-order valence-corrected chi connectivity index (χ3v) is 6.14. The molecule has 2 heterocycles. The van der Waals surface area contributed by atoms with E-state index in [1.165, 1.54) is 9.58 Å². The van der Waals surface area contributed by atoms with Crippen molar-refractivity contribution in [1.29, 1.82) is 0 Å². The van der Waals surface area contributed by atoms with Crippen LogP contribution in [0.3, 0.4) is 0 Å². The summed E-state index contributed by atoms with van der Waals surface area (Å²) in [6.45, 7) is 8.43. The van der Waals surface area contributed by atoms with Crippen molar-refractivity contribution < 1.29 is 18.4 Å². The number of amides is 2. The maximum atomic E-state index is 14.3. The molecule has 1 aliphatic rings. The minimum Gasteiger partial charge on any atom is -0.333 e. The first kappa shape index (κ1) is 24.8. The first-order valence-electron chi connectivity index (χ1n) is 11.5. The molecule has 7 nitrogen and oxygen atoms in total. The number of halogens is 2. The molecule has 1 aliphatic heterocycles. The second-order valence-electron chi connectivity index (χ2n) is 8.70. The summed E-state index contributed by atoms with van der Waals surface area (Å²) >= 11 is 0. The highest BCUT2D eigenvalue weighted by atomic mass is 19.2. The molecule has 0 atom stereocenters. The van der Waals surface area contributed by atoms with E-state index in [1.54, 1.807) is 31.1 Å². The van der Waals surface area contributed by atoms with Gasteiger partial charge in [-0.25, -0.2) is 8.78 Å². The molecule has 180 valence electrons. The standard InChI is InChI=1S/C24H33F2N5O2/c1-5-23(32)31-13-7-11-29(17(2)3)10-6-12-30(24(33)21-8-9-27-28(21)4)16-18-14-19(25)20(26)15-22(18)31/h8-9,14-15,17H,5-7,10-13,16H2,1-4H3. The van der Waals surface area contributed by atoms with Crippen molar-refractivity contribution in [3.63, 3.8) is 0 Å². The summed E-state index contributed by atoms with van der Waals surface area (Å²) < 4.78 is 30.1. The van der Waals surface area contributed by atoms with E-state index in [0.717, 1.165) is 31.6 Å². The largest absolute Gasteiger partial charge is 0.333 e. The van der Waals surface area contributed by atoms with Crippen molar-refractivity contribution in [3.8, 4) is 0 Å². The number of anilines is 1. The molecule has 9 heteroatoms. The fourth-order valence-electron chi connectivity index (χ4n) is 4.25. The van der Waals surface area contributed by atoms with Crippen molar-refractivity contribution >= 4 is 17.5 Å². The Morgan fingerprint density at radius 2 is 1.73 bits per heavy atom. The maximum Gasteiger partial charge on any atom is 0.272 e. The van der Waals surface area contributed by atoms with E-state index < -0.39 is 11.6 Å². The normalized spacial score (nSPS) is 16.3. The molecule has 0 unspecified atom stereocenters. The first-order valence-corrected chi connectivity index (χ1v) is 11.5. The Balaban J connectivity index is 2.06. The highest BCUT2D eigenvalue weighted by molar-refractivity contribution is 5.95. The van der Waals surface area contributed by atoms with Gasteiger partial charge in [0.1, 0.15) is 5.69 Å². The van der Waals surface area contributed by atoms with E-state index in [-0.39, 0.29) is 24.8 Å². The Hall–Kier alpha value is -2.81. The summed E-state index contributed by atoms with van der Waals surface area (Å²) in [4.78, 5) is 31.6. The molecule has 2 amide bonds. The van der Waals surface area contributed by atoms with Gasteiger partial charge in [0.15, 0.2) is 11.6 Å². The predicted molar refractivity (Wildman–Crippen MR) is 123 cm³/mol. The van der Waals surface area contributed by atoms with Crippen molar-refractivity contribution in [2.24, 2.45) is 7.05 Å². The SMILES string of the molecule is CCC(=O)N1CCCN(C(C)C)CCCN(C(=O)c2ccnn2C)Cc2cc(F)c(F)cc21. The van der Waals surface area contributed by atoms with Gasteiger partial charge in [-0.2, -0.15) is 5.10 Å². The molecule has 0 spiro atoms. The van der Waals surface area contributed by atoms with Crippen molar-refractivity contribution in [1.82, 2.24) is 19.6 Å². The quantitative estimate of drug-likeness (QED) is 0.701. The van der Waals surface area contributed by atoms with Gasteiger partial charge >= 0.3 is 0 Å². The number of aryl methyl sites for hydroxylation is 1. The first-order chi connectivity index (χ1) is 15.7. The summed E-state index contributed by atoms with van der Waals surface area (Å²) in [7, 11) is 1.69. The smallest absolute Gasteiger partial charge is 0.272 e. The lowest BCUT2D eigenvalue weighted by molar-refractivity contribution is -0.118. The number of carbonyl (C=O) groups excluding carboxylic acids is 2. The average molecular weight is 462 g/mol. The highest BCUT2D eigenvalue weighted by Gasteiger charge is 2.26. The summed E-state index contributed by atoms with van der Waals surface area (Å²) in [5, 5.41) is 4.09. The van der Waals surface area contributed by atoms with Gasteiger partial charge < -0.3 is 14.7 Å². The zero-order chi connectivity index (χ0) is 24.1. The monoisotopic (exact) mass is 461 g/mol. The second-order valence-corrected chi connectivity index (χ2v) is 8.70. The molecule has 2 aromatic rings. The van der Waals surface area contributed by atoms with Crippen LogP contribution in [-0.4, -0.2) is 63.6 Å². The number of nitrogens with zero attached hydrogens (tertiary/aromatic N) is 5. The van der Waals surface area contributed by atoms with Crippen LogP contribution >= 0.6 is 0 Å². The Labute approximate surface area is 193 Å². The van der Waals surface area contributed by atoms with Crippen LogP contribution in [0.5, 0.6) is 0 Å². The van der Waals surface area contributed by atoms with Crippen LogP contribution in [-0.2, 0) is 18.4 Å². The fourth-order valence-corrected chi connectivity index (χ4v) is 4.25. The molecular formula is C24H33F2N5O2. The van der Waals surface area contributed by atoms with Gasteiger partial charge in [0.05, 0.1) is 5.69 Å². The molecule has 33 heavy (non-hydrogen) atoms. The minimum atomic E-state index is -1.01. The van der Waals surface area contributed by atoms with E-state index in [0.29, 0.717) is 42.5 Å². The van der Waals surface area contributed by atoms with Crippen LogP contribution < -0.4 is 4.90 Å². The highest BCUT2D eigenvalue weighted by Crippen LogP contribution is 2.28. The lowest BCUT2D eigenvalue weighted by Gasteiger charge is -2.33. The van der Waals surface area contributed by atoms with Gasteiger partial charge in [-0.05, 0) is 44.4 Å². The molecule has 0 saturated carbocycles. The van der Waals surface area contributed by atoms with E-state index in [1.807, 2.05) is 0 Å². The molecule has 0 N–H and O–H groups in total. The van der Waals surface area contributed by atoms with E-state index in [4.69, 9.17) is 0 Å². The lowest BCUT2D eigenvalue weighted by Crippen LogP contribution is -2.41. The molecule has 0 saturated heterocycles. The zero-order valence-corrected chi connectivity index (χ0v) is 19.9. The predicted octanol–water partition coefficient (Wildman–Crippen LogP) is 3.59. The number of aromatic nitrogens is 2. The summed E-state index contributed by atoms with van der Waals surface area (Å²) in [6, 6.07) is 4.13. The molecule has 1 aromatic carbocycles. The Morgan fingerprint density at radius 1 is 1.06 bits per heavy atom. The Kier molecular flexibility index (Phi) is 8.18. The average Bonchev–Trinajstić information content (AvgIpc) is 3.20. The number of benzene rings is 1. The van der Waals surface area contributed by atoms with Gasteiger partial charge in [-0.1, -0.05) is 6.92 Å². The number of hydrogen-bond acceptors (Lipinski definition) is 4. The van der Waals surface area contributed by atoms with Crippen molar-refractivity contribution in [3.05, 3.63) is 47.3 Å². The number of hydrogen-bond donors (Lipinski definition) is 0. The Bertz CT molecular complexity index is 991. The summed E-state index contributed by atoms with van der Waals surface area (Å²) in [6.07, 6.45) is 3.23. The summed E-state index contributed by atoms with van der Waals surface area (Å²) in [5.74, 6) is -2.42. The van der Waals surface area contributed by atoms with Gasteiger partial charge in [0.2, 0.25) is 5.91 Å². The van der Waals surface area contributed by atoms with Crippen LogP contribution in [0, 0.1) is 11.6 Å². The zero-order valence-electron chi connectivity index (χ0n) is 19.9. The third-order valence-electron chi connectivity index (χ3n) is 6.14. The topological polar surface area (TPSA) is 61.7 Å². The van der Waals surface area contributed by atoms with Gasteiger partial charge in [-0.15, -0.1) is 0 Å². The van der Waals surface area contributed by atoms with Crippen LogP contribution in [0.15, 0.2) is 24.4 Å². The summed E-state index contributed by atoms with van der Waals surface area (Å²) in [5.41, 5.74) is 1.14. The molecule has 0 fully saturated rings. The van der Waals surface area contributed by atoms with E-state index >= 15 is 0 Å². The van der Waals surface area contributed by atoms with Crippen molar-refractivity contribution in [2.45, 2.75) is 52.6 Å². The number of carbonyl (C=O) groups is 2. The van der Waals surface area contributed by atoms with Crippen LogP contribution in [0.25, 0.3) is 0 Å². The molecule has 0 aliphatic carbocycles. The van der Waals surface area contributed by atoms with Crippen LogP contribution in [0.4, 0.5) is 14.5 Å². The number of rotatable bonds is 3.